The van der Waals surface area contributed by atoms with Gasteiger partial charge in [-0.15, -0.1) is 0 Å². The summed E-state index contributed by atoms with van der Waals surface area (Å²) < 4.78 is 10.6. The second-order valence-electron chi connectivity index (χ2n) is 4.76. The molecule has 0 aromatic heterocycles. The van der Waals surface area contributed by atoms with Gasteiger partial charge in [0.2, 0.25) is 0 Å². The molecule has 0 spiro atoms. The lowest BCUT2D eigenvalue weighted by Gasteiger charge is -2.35. The lowest BCUT2D eigenvalue weighted by atomic mass is 10.5. The van der Waals surface area contributed by atoms with Crippen molar-refractivity contribution in [2.45, 2.75) is 31.6 Å². The maximum absolute atomic E-state index is 5.52. The molecule has 0 saturated carbocycles. The van der Waals surface area contributed by atoms with Crippen LogP contribution in [-0.2, 0) is 9.47 Å². The van der Waals surface area contributed by atoms with E-state index in [0.29, 0.717) is 6.10 Å². The number of hydrogen-bond donors (Lipinski definition) is 0. The van der Waals surface area contributed by atoms with E-state index >= 15 is 0 Å². The SMILES string of the molecule is CC(C)S(C)(C)CCCOCC1CO1. The first kappa shape index (κ1) is 12.3. The first-order valence-corrected chi connectivity index (χ1v) is 8.10. The summed E-state index contributed by atoms with van der Waals surface area (Å²) in [6.07, 6.45) is 6.46. The summed E-state index contributed by atoms with van der Waals surface area (Å²) in [5.74, 6) is 1.33. The molecule has 3 heteroatoms. The van der Waals surface area contributed by atoms with Crippen molar-refractivity contribution in [2.24, 2.45) is 0 Å². The summed E-state index contributed by atoms with van der Waals surface area (Å²) in [6, 6.07) is 0. The average molecular weight is 220 g/mol. The van der Waals surface area contributed by atoms with Gasteiger partial charge >= 0.3 is 0 Å². The molecular formula is C11H24O2S. The zero-order valence-electron chi connectivity index (χ0n) is 9.91. The van der Waals surface area contributed by atoms with Crippen LogP contribution in [0.15, 0.2) is 0 Å². The molecule has 1 aliphatic rings. The minimum atomic E-state index is -0.395. The van der Waals surface area contributed by atoms with Crippen molar-refractivity contribution in [3.05, 3.63) is 0 Å². The fourth-order valence-electron chi connectivity index (χ4n) is 1.15. The van der Waals surface area contributed by atoms with Gasteiger partial charge in [-0.3, -0.25) is 0 Å². The second-order valence-corrected chi connectivity index (χ2v) is 9.36. The van der Waals surface area contributed by atoms with Crippen LogP contribution in [0.2, 0.25) is 0 Å². The molecule has 1 unspecified atom stereocenters. The molecule has 2 nitrogen and oxygen atoms in total. The Morgan fingerprint density at radius 1 is 1.43 bits per heavy atom. The molecule has 0 aromatic rings. The third-order valence-electron chi connectivity index (χ3n) is 2.94. The fourth-order valence-corrected chi connectivity index (χ4v) is 2.48. The van der Waals surface area contributed by atoms with Crippen LogP contribution >= 0.6 is 10.0 Å². The minimum Gasteiger partial charge on any atom is -0.379 e. The van der Waals surface area contributed by atoms with Crippen molar-refractivity contribution < 1.29 is 9.47 Å². The fraction of sp³-hybridized carbons (Fsp3) is 1.00. The van der Waals surface area contributed by atoms with Crippen LogP contribution in [0.3, 0.4) is 0 Å². The molecular weight excluding hydrogens is 196 g/mol. The molecule has 86 valence electrons. The van der Waals surface area contributed by atoms with Gasteiger partial charge in [-0.1, -0.05) is 13.8 Å². The third kappa shape index (κ3) is 4.67. The molecule has 1 atom stereocenters. The van der Waals surface area contributed by atoms with Gasteiger partial charge in [0, 0.05) is 6.61 Å². The van der Waals surface area contributed by atoms with E-state index in [1.54, 1.807) is 0 Å². The Balaban J connectivity index is 1.96. The van der Waals surface area contributed by atoms with Crippen LogP contribution in [0.1, 0.15) is 20.3 Å². The Morgan fingerprint density at radius 3 is 2.57 bits per heavy atom. The first-order chi connectivity index (χ1) is 6.52. The summed E-state index contributed by atoms with van der Waals surface area (Å²) in [7, 11) is -0.395. The Morgan fingerprint density at radius 2 is 2.07 bits per heavy atom. The van der Waals surface area contributed by atoms with Crippen molar-refractivity contribution in [2.75, 3.05) is 38.1 Å². The van der Waals surface area contributed by atoms with Crippen molar-refractivity contribution in [1.29, 1.82) is 0 Å². The van der Waals surface area contributed by atoms with Crippen molar-refractivity contribution in [1.82, 2.24) is 0 Å². The molecule has 0 amide bonds. The quantitative estimate of drug-likeness (QED) is 0.485. The largest absolute Gasteiger partial charge is 0.379 e. The normalized spacial score (nSPS) is 22.8. The smallest absolute Gasteiger partial charge is 0.104 e. The van der Waals surface area contributed by atoms with E-state index in [0.717, 1.165) is 25.1 Å². The van der Waals surface area contributed by atoms with Crippen molar-refractivity contribution >= 4 is 10.0 Å². The summed E-state index contributed by atoms with van der Waals surface area (Å²) in [5, 5.41) is 0.828. The van der Waals surface area contributed by atoms with Crippen molar-refractivity contribution in [3.63, 3.8) is 0 Å². The van der Waals surface area contributed by atoms with Crippen molar-refractivity contribution in [3.8, 4) is 0 Å². The Labute approximate surface area is 89.7 Å². The van der Waals surface area contributed by atoms with Crippen LogP contribution in [-0.4, -0.2) is 49.4 Å². The summed E-state index contributed by atoms with van der Waals surface area (Å²) in [6.45, 7) is 7.27. The van der Waals surface area contributed by atoms with Crippen LogP contribution in [0.5, 0.6) is 0 Å². The molecule has 0 radical (unpaired) electrons. The molecule has 1 saturated heterocycles. The zero-order chi connectivity index (χ0) is 10.6. The van der Waals surface area contributed by atoms with Crippen LogP contribution in [0.25, 0.3) is 0 Å². The first-order valence-electron chi connectivity index (χ1n) is 5.41. The Hall–Kier alpha value is 0.270. The maximum Gasteiger partial charge on any atom is 0.104 e. The Kier molecular flexibility index (Phi) is 4.74. The number of hydrogen-bond acceptors (Lipinski definition) is 2. The van der Waals surface area contributed by atoms with E-state index in [1.807, 2.05) is 0 Å². The van der Waals surface area contributed by atoms with Gasteiger partial charge in [-0.2, -0.15) is 0 Å². The Bertz CT molecular complexity index is 165. The predicted octanol–water partition coefficient (Wildman–Crippen LogP) is 2.26. The van der Waals surface area contributed by atoms with E-state index in [9.17, 15) is 0 Å². The highest BCUT2D eigenvalue weighted by molar-refractivity contribution is 8.33. The van der Waals surface area contributed by atoms with Gasteiger partial charge in [0.25, 0.3) is 0 Å². The van der Waals surface area contributed by atoms with Crippen LogP contribution < -0.4 is 0 Å². The standard InChI is InChI=1S/C11H24O2S/c1-10(2)14(3,4)7-5-6-12-8-11-9-13-11/h10-11H,5-9H2,1-4H3. The lowest BCUT2D eigenvalue weighted by Crippen LogP contribution is -2.14. The maximum atomic E-state index is 5.52. The van der Waals surface area contributed by atoms with Crippen LogP contribution in [0.4, 0.5) is 0 Å². The van der Waals surface area contributed by atoms with E-state index in [1.165, 1.54) is 12.2 Å². The summed E-state index contributed by atoms with van der Waals surface area (Å²) in [5.41, 5.74) is 0. The number of epoxide rings is 1. The van der Waals surface area contributed by atoms with Gasteiger partial charge < -0.3 is 9.47 Å². The molecule has 1 rings (SSSR count). The molecule has 1 heterocycles. The zero-order valence-corrected chi connectivity index (χ0v) is 10.7. The topological polar surface area (TPSA) is 21.8 Å². The number of rotatable bonds is 7. The monoisotopic (exact) mass is 220 g/mol. The van der Waals surface area contributed by atoms with Gasteiger partial charge in [0.15, 0.2) is 0 Å². The van der Waals surface area contributed by atoms with Crippen LogP contribution in [0, 0.1) is 0 Å². The highest BCUT2D eigenvalue weighted by atomic mass is 32.3. The van der Waals surface area contributed by atoms with Gasteiger partial charge in [0.05, 0.1) is 13.2 Å². The van der Waals surface area contributed by atoms with Gasteiger partial charge in [-0.05, 0) is 29.9 Å². The highest BCUT2D eigenvalue weighted by Crippen LogP contribution is 2.45. The molecule has 1 fully saturated rings. The molecule has 0 bridgehead atoms. The number of ether oxygens (including phenoxy) is 2. The summed E-state index contributed by atoms with van der Waals surface area (Å²) >= 11 is 0. The van der Waals surface area contributed by atoms with E-state index in [2.05, 4.69) is 26.4 Å². The van der Waals surface area contributed by atoms with E-state index in [4.69, 9.17) is 9.47 Å². The second kappa shape index (κ2) is 5.38. The van der Waals surface area contributed by atoms with E-state index in [-0.39, 0.29) is 0 Å². The van der Waals surface area contributed by atoms with Gasteiger partial charge in [-0.25, -0.2) is 10.0 Å². The molecule has 14 heavy (non-hydrogen) atoms. The molecule has 0 aliphatic carbocycles. The summed E-state index contributed by atoms with van der Waals surface area (Å²) in [4.78, 5) is 0. The van der Waals surface area contributed by atoms with Gasteiger partial charge in [0.1, 0.15) is 6.10 Å². The minimum absolute atomic E-state index is 0.395. The average Bonchev–Trinajstić information content (AvgIpc) is 2.87. The highest BCUT2D eigenvalue weighted by Gasteiger charge is 2.22. The molecule has 0 N–H and O–H groups in total. The molecule has 1 aliphatic heterocycles. The lowest BCUT2D eigenvalue weighted by molar-refractivity contribution is 0.117. The molecule has 0 aromatic carbocycles. The van der Waals surface area contributed by atoms with E-state index < -0.39 is 10.0 Å². The third-order valence-corrected chi connectivity index (χ3v) is 6.83. The predicted molar refractivity (Wildman–Crippen MR) is 64.6 cm³/mol.